The number of hydrogen-bond donors (Lipinski definition) is 0. The Bertz CT molecular complexity index is 180. The van der Waals surface area contributed by atoms with E-state index in [-0.39, 0.29) is 0 Å². The third-order valence-corrected chi connectivity index (χ3v) is 4.01. The van der Waals surface area contributed by atoms with Crippen LogP contribution in [0.15, 0.2) is 0 Å². The van der Waals surface area contributed by atoms with Crippen LogP contribution in [0.3, 0.4) is 0 Å². The van der Waals surface area contributed by atoms with Crippen LogP contribution in [0.1, 0.15) is 80.1 Å². The van der Waals surface area contributed by atoms with Crippen molar-refractivity contribution in [1.82, 2.24) is 0 Å². The second kappa shape index (κ2) is 5.10. The first-order chi connectivity index (χ1) is 7.25. The van der Waals surface area contributed by atoms with E-state index in [1.54, 1.807) is 0 Å². The first-order valence-corrected chi connectivity index (χ1v) is 7.25. The molecular weight excluding hydrogens is 192 g/mol. The quantitative estimate of drug-likeness (QED) is 0.577. The Morgan fingerprint density at radius 3 is 1.00 bits per heavy atom. The van der Waals surface area contributed by atoms with E-state index < -0.39 is 0 Å². The van der Waals surface area contributed by atoms with Gasteiger partial charge in [-0.25, -0.2) is 0 Å². The second-order valence-corrected chi connectivity index (χ2v) is 7.82. The lowest BCUT2D eigenvalue weighted by Gasteiger charge is -2.09. The fraction of sp³-hybridized carbons (Fsp3) is 1.00. The monoisotopic (exact) mass is 224 g/mol. The summed E-state index contributed by atoms with van der Waals surface area (Å²) in [6.07, 6.45) is 8.78. The molecule has 0 atom stereocenters. The highest BCUT2D eigenvalue weighted by molar-refractivity contribution is 4.89. The molecule has 16 heavy (non-hydrogen) atoms. The van der Waals surface area contributed by atoms with Crippen LogP contribution in [0.25, 0.3) is 0 Å². The molecule has 96 valence electrons. The Labute approximate surface area is 103 Å². The lowest BCUT2D eigenvalue weighted by molar-refractivity contribution is 0.422. The molecular formula is C16H32. The van der Waals surface area contributed by atoms with Crippen LogP contribution in [0.2, 0.25) is 0 Å². The highest BCUT2D eigenvalue weighted by atomic mass is 14.4. The summed E-state index contributed by atoms with van der Waals surface area (Å²) < 4.78 is 0. The van der Waals surface area contributed by atoms with Crippen molar-refractivity contribution in [3.8, 4) is 0 Å². The summed E-state index contributed by atoms with van der Waals surface area (Å²) in [5, 5.41) is 0. The average molecular weight is 224 g/mol. The molecule has 2 aliphatic rings. The van der Waals surface area contributed by atoms with Gasteiger partial charge in [0.25, 0.3) is 0 Å². The predicted octanol–water partition coefficient (Wildman–Crippen LogP) is 5.67. The minimum Gasteiger partial charge on any atom is -0.0628 e. The molecule has 0 aromatic carbocycles. The van der Waals surface area contributed by atoms with Crippen molar-refractivity contribution in [3.05, 3.63) is 0 Å². The normalized spacial score (nSPS) is 24.0. The fourth-order valence-corrected chi connectivity index (χ4v) is 2.81. The topological polar surface area (TPSA) is 0 Å². The Kier molecular flexibility index (Phi) is 4.49. The van der Waals surface area contributed by atoms with Crippen LogP contribution in [0, 0.1) is 22.7 Å². The van der Waals surface area contributed by atoms with Gasteiger partial charge in [0.1, 0.15) is 0 Å². The summed E-state index contributed by atoms with van der Waals surface area (Å²) in [5.41, 5.74) is 1.54. The molecule has 0 heterocycles. The predicted molar refractivity (Wildman–Crippen MR) is 73.6 cm³/mol. The third-order valence-electron chi connectivity index (χ3n) is 4.01. The largest absolute Gasteiger partial charge is 0.0628 e. The van der Waals surface area contributed by atoms with E-state index in [4.69, 9.17) is 0 Å². The maximum Gasteiger partial charge on any atom is -0.0323 e. The smallest absolute Gasteiger partial charge is 0.0323 e. The van der Waals surface area contributed by atoms with Crippen molar-refractivity contribution in [2.45, 2.75) is 80.1 Å². The highest BCUT2D eigenvalue weighted by Gasteiger charge is 2.37. The van der Waals surface area contributed by atoms with Crippen molar-refractivity contribution in [1.29, 1.82) is 0 Å². The first kappa shape index (κ1) is 14.1. The lowest BCUT2D eigenvalue weighted by atomic mass is 9.97. The lowest BCUT2D eigenvalue weighted by Crippen LogP contribution is -1.98. The number of hydrogen-bond acceptors (Lipinski definition) is 0. The van der Waals surface area contributed by atoms with E-state index in [0.29, 0.717) is 0 Å². The highest BCUT2D eigenvalue weighted by Crippen LogP contribution is 2.50. The molecule has 2 rings (SSSR count). The van der Waals surface area contributed by atoms with E-state index >= 15 is 0 Å². The van der Waals surface area contributed by atoms with Gasteiger partial charge < -0.3 is 0 Å². The van der Waals surface area contributed by atoms with Gasteiger partial charge in [0.05, 0.1) is 0 Å². The van der Waals surface area contributed by atoms with Crippen LogP contribution in [-0.4, -0.2) is 0 Å². The van der Waals surface area contributed by atoms with E-state index in [9.17, 15) is 0 Å². The maximum absolute atomic E-state index is 2.40. The molecule has 0 saturated heterocycles. The van der Waals surface area contributed by atoms with Crippen LogP contribution in [0.4, 0.5) is 0 Å². The van der Waals surface area contributed by atoms with Gasteiger partial charge in [-0.1, -0.05) is 41.5 Å². The van der Waals surface area contributed by atoms with Crippen molar-refractivity contribution >= 4 is 0 Å². The van der Waals surface area contributed by atoms with Crippen molar-refractivity contribution in [2.24, 2.45) is 22.7 Å². The van der Waals surface area contributed by atoms with Crippen molar-refractivity contribution in [3.63, 3.8) is 0 Å². The Balaban J connectivity index is 0.000000160. The number of rotatable bonds is 4. The van der Waals surface area contributed by atoms with Crippen LogP contribution >= 0.6 is 0 Å². The molecule has 0 aromatic rings. The molecule has 0 nitrogen and oxygen atoms in total. The molecule has 0 heteroatoms. The second-order valence-electron chi connectivity index (χ2n) is 7.82. The summed E-state index contributed by atoms with van der Waals surface area (Å²) >= 11 is 0. The zero-order valence-corrected chi connectivity index (χ0v) is 12.4. The van der Waals surface area contributed by atoms with Crippen molar-refractivity contribution in [2.75, 3.05) is 0 Å². The molecule has 0 bridgehead atoms. The molecule has 0 unspecified atom stereocenters. The molecule has 0 N–H and O–H groups in total. The molecule has 2 fully saturated rings. The Morgan fingerprint density at radius 2 is 0.938 bits per heavy atom. The van der Waals surface area contributed by atoms with Crippen LogP contribution in [0.5, 0.6) is 0 Å². The minimum atomic E-state index is 0.772. The van der Waals surface area contributed by atoms with Gasteiger partial charge in [-0.05, 0) is 61.2 Å². The molecule has 0 radical (unpaired) electrons. The van der Waals surface area contributed by atoms with Gasteiger partial charge in [-0.15, -0.1) is 0 Å². The first-order valence-electron chi connectivity index (χ1n) is 7.25. The van der Waals surface area contributed by atoms with E-state index in [1.807, 2.05) is 0 Å². The zero-order chi connectivity index (χ0) is 12.4. The van der Waals surface area contributed by atoms with Gasteiger partial charge in [-0.2, -0.15) is 0 Å². The SMILES string of the molecule is CC(C)CC1(C)CC1.CC(C)CC1(C)CC1. The maximum atomic E-state index is 2.40. The molecule has 2 saturated carbocycles. The van der Waals surface area contributed by atoms with Gasteiger partial charge in [0.15, 0.2) is 0 Å². The van der Waals surface area contributed by atoms with E-state index in [0.717, 1.165) is 22.7 Å². The Hall–Kier alpha value is 0. The van der Waals surface area contributed by atoms with Crippen LogP contribution in [-0.2, 0) is 0 Å². The summed E-state index contributed by atoms with van der Waals surface area (Å²) in [4.78, 5) is 0. The molecule has 0 spiro atoms. The standard InChI is InChI=1S/2C8H16/c2*1-7(2)6-8(3)4-5-8/h2*7H,4-6H2,1-3H3. The molecule has 0 amide bonds. The molecule has 2 aliphatic carbocycles. The van der Waals surface area contributed by atoms with Gasteiger partial charge in [0.2, 0.25) is 0 Å². The van der Waals surface area contributed by atoms with E-state index in [2.05, 4.69) is 41.5 Å². The van der Waals surface area contributed by atoms with Gasteiger partial charge in [0, 0.05) is 0 Å². The van der Waals surface area contributed by atoms with Gasteiger partial charge >= 0.3 is 0 Å². The van der Waals surface area contributed by atoms with Crippen LogP contribution < -0.4 is 0 Å². The summed E-state index contributed by atoms with van der Waals surface area (Å²) in [6, 6.07) is 0. The Morgan fingerprint density at radius 1 is 0.688 bits per heavy atom. The average Bonchev–Trinajstić information content (AvgIpc) is 2.93. The van der Waals surface area contributed by atoms with Gasteiger partial charge in [-0.3, -0.25) is 0 Å². The fourth-order valence-electron chi connectivity index (χ4n) is 2.81. The van der Waals surface area contributed by atoms with E-state index in [1.165, 1.54) is 38.5 Å². The minimum absolute atomic E-state index is 0.772. The third kappa shape index (κ3) is 5.92. The zero-order valence-electron chi connectivity index (χ0n) is 12.4. The molecule has 0 aliphatic heterocycles. The summed E-state index contributed by atoms with van der Waals surface area (Å²) in [7, 11) is 0. The molecule has 0 aromatic heterocycles. The van der Waals surface area contributed by atoms with Crippen molar-refractivity contribution < 1.29 is 0 Å². The summed E-state index contributed by atoms with van der Waals surface area (Å²) in [6.45, 7) is 14.0. The summed E-state index contributed by atoms with van der Waals surface area (Å²) in [5.74, 6) is 1.81.